The molecule has 5 nitrogen and oxygen atoms in total. The number of aliphatic carboxylic acids is 1. The van der Waals surface area contributed by atoms with Crippen LogP contribution < -0.4 is 5.32 Å². The Morgan fingerprint density at radius 1 is 1.45 bits per heavy atom. The van der Waals surface area contributed by atoms with E-state index in [0.717, 1.165) is 5.56 Å². The Labute approximate surface area is 129 Å². The molecule has 0 spiro atoms. The third kappa shape index (κ3) is 3.75. The quantitative estimate of drug-likeness (QED) is 0.902. The van der Waals surface area contributed by atoms with Crippen LogP contribution in [0.2, 0.25) is 0 Å². The highest BCUT2D eigenvalue weighted by atomic mass is 19.1. The number of rotatable bonds is 3. The number of nitrogens with one attached hydrogen (secondary N) is 1. The van der Waals surface area contributed by atoms with Gasteiger partial charge < -0.3 is 15.3 Å². The molecule has 2 atom stereocenters. The first-order valence-electron chi connectivity index (χ1n) is 7.42. The summed E-state index contributed by atoms with van der Waals surface area (Å²) < 4.78 is 13.3. The fourth-order valence-electron chi connectivity index (χ4n) is 2.66. The second-order valence-corrected chi connectivity index (χ2v) is 5.80. The highest BCUT2D eigenvalue weighted by molar-refractivity contribution is 5.77. The molecule has 2 rings (SSSR count). The molecule has 2 unspecified atom stereocenters. The standard InChI is InChI=1S/C16H21FN2O3/c1-10-8-12(5-6-14(10)17)11(2)18-16(22)19-7-3-4-13(9-19)15(20)21/h5-6,8,11,13H,3-4,7,9H2,1-2H3,(H,18,22)(H,20,21). The summed E-state index contributed by atoms with van der Waals surface area (Å²) in [4.78, 5) is 24.8. The van der Waals surface area contributed by atoms with E-state index >= 15 is 0 Å². The molecule has 1 fully saturated rings. The zero-order valence-electron chi connectivity index (χ0n) is 12.8. The number of carboxylic acids is 1. The van der Waals surface area contributed by atoms with E-state index in [1.165, 1.54) is 11.0 Å². The van der Waals surface area contributed by atoms with Crippen molar-refractivity contribution in [2.75, 3.05) is 13.1 Å². The minimum absolute atomic E-state index is 0.232. The minimum atomic E-state index is -0.861. The van der Waals surface area contributed by atoms with Crippen LogP contribution in [0, 0.1) is 18.7 Å². The van der Waals surface area contributed by atoms with Gasteiger partial charge in [-0.05, 0) is 43.9 Å². The number of urea groups is 1. The number of amides is 2. The van der Waals surface area contributed by atoms with E-state index in [2.05, 4.69) is 5.32 Å². The van der Waals surface area contributed by atoms with Crippen LogP contribution in [-0.2, 0) is 4.79 Å². The van der Waals surface area contributed by atoms with Gasteiger partial charge in [0.1, 0.15) is 5.82 Å². The Morgan fingerprint density at radius 3 is 2.82 bits per heavy atom. The van der Waals surface area contributed by atoms with Crippen molar-refractivity contribution in [2.45, 2.75) is 32.7 Å². The minimum Gasteiger partial charge on any atom is -0.481 e. The van der Waals surface area contributed by atoms with Crippen molar-refractivity contribution in [1.82, 2.24) is 10.2 Å². The number of hydrogen-bond donors (Lipinski definition) is 2. The molecule has 6 heteroatoms. The number of likely N-dealkylation sites (tertiary alicyclic amines) is 1. The van der Waals surface area contributed by atoms with E-state index in [4.69, 9.17) is 5.11 Å². The van der Waals surface area contributed by atoms with Crippen LogP contribution in [0.3, 0.4) is 0 Å². The van der Waals surface area contributed by atoms with E-state index in [1.807, 2.05) is 6.92 Å². The van der Waals surface area contributed by atoms with Crippen LogP contribution in [0.25, 0.3) is 0 Å². The Kier molecular flexibility index (Phi) is 5.00. The second kappa shape index (κ2) is 6.77. The van der Waals surface area contributed by atoms with Gasteiger partial charge in [-0.15, -0.1) is 0 Å². The number of benzene rings is 1. The monoisotopic (exact) mass is 308 g/mol. The summed E-state index contributed by atoms with van der Waals surface area (Å²) in [6.07, 6.45) is 1.29. The first kappa shape index (κ1) is 16.3. The second-order valence-electron chi connectivity index (χ2n) is 5.80. The van der Waals surface area contributed by atoms with Gasteiger partial charge in [0, 0.05) is 13.1 Å². The Hall–Kier alpha value is -2.11. The number of nitrogens with zero attached hydrogens (tertiary/aromatic N) is 1. The maximum atomic E-state index is 13.3. The summed E-state index contributed by atoms with van der Waals surface area (Å²) in [6.45, 7) is 4.29. The van der Waals surface area contributed by atoms with Gasteiger partial charge in [0.2, 0.25) is 0 Å². The molecule has 1 aromatic rings. The Balaban J connectivity index is 1.98. The van der Waals surface area contributed by atoms with Gasteiger partial charge >= 0.3 is 12.0 Å². The maximum Gasteiger partial charge on any atom is 0.317 e. The smallest absolute Gasteiger partial charge is 0.317 e. The summed E-state index contributed by atoms with van der Waals surface area (Å²) in [5.41, 5.74) is 1.35. The van der Waals surface area contributed by atoms with Crippen molar-refractivity contribution in [3.8, 4) is 0 Å². The molecular weight excluding hydrogens is 287 g/mol. The lowest BCUT2D eigenvalue weighted by molar-refractivity contribution is -0.143. The molecular formula is C16H21FN2O3. The molecule has 120 valence electrons. The van der Waals surface area contributed by atoms with E-state index in [-0.39, 0.29) is 24.4 Å². The zero-order chi connectivity index (χ0) is 16.3. The summed E-state index contributed by atoms with van der Waals surface area (Å²) in [6, 6.07) is 4.19. The molecule has 2 N–H and O–H groups in total. The van der Waals surface area contributed by atoms with Crippen LogP contribution in [0.4, 0.5) is 9.18 Å². The van der Waals surface area contributed by atoms with Crippen molar-refractivity contribution >= 4 is 12.0 Å². The van der Waals surface area contributed by atoms with Crippen LogP contribution >= 0.6 is 0 Å². The summed E-state index contributed by atoms with van der Waals surface area (Å²) >= 11 is 0. The maximum absolute atomic E-state index is 13.3. The van der Waals surface area contributed by atoms with Gasteiger partial charge in [-0.25, -0.2) is 9.18 Å². The molecule has 1 aromatic carbocycles. The van der Waals surface area contributed by atoms with Gasteiger partial charge in [-0.2, -0.15) is 0 Å². The molecule has 0 radical (unpaired) electrons. The van der Waals surface area contributed by atoms with Crippen LogP contribution in [0.5, 0.6) is 0 Å². The summed E-state index contributed by atoms with van der Waals surface area (Å²) in [5.74, 6) is -1.63. The molecule has 0 bridgehead atoms. The van der Waals surface area contributed by atoms with Gasteiger partial charge in [0.15, 0.2) is 0 Å². The first-order chi connectivity index (χ1) is 10.4. The fourth-order valence-corrected chi connectivity index (χ4v) is 2.66. The molecule has 1 aliphatic heterocycles. The number of carbonyl (C=O) groups excluding carboxylic acids is 1. The number of piperidine rings is 1. The number of hydrogen-bond acceptors (Lipinski definition) is 2. The molecule has 1 saturated heterocycles. The third-order valence-electron chi connectivity index (χ3n) is 4.08. The normalized spacial score (nSPS) is 19.6. The van der Waals surface area contributed by atoms with Crippen molar-refractivity contribution in [1.29, 1.82) is 0 Å². The van der Waals surface area contributed by atoms with Crippen molar-refractivity contribution in [2.24, 2.45) is 5.92 Å². The van der Waals surface area contributed by atoms with Crippen LogP contribution in [0.15, 0.2) is 18.2 Å². The lowest BCUT2D eigenvalue weighted by Gasteiger charge is -2.31. The largest absolute Gasteiger partial charge is 0.481 e. The van der Waals surface area contributed by atoms with Gasteiger partial charge in [0.05, 0.1) is 12.0 Å². The molecule has 0 saturated carbocycles. The van der Waals surface area contributed by atoms with Crippen molar-refractivity contribution < 1.29 is 19.1 Å². The average molecular weight is 308 g/mol. The van der Waals surface area contributed by atoms with Crippen LogP contribution in [0.1, 0.15) is 36.9 Å². The van der Waals surface area contributed by atoms with E-state index in [0.29, 0.717) is 24.9 Å². The summed E-state index contributed by atoms with van der Waals surface area (Å²) in [7, 11) is 0. The third-order valence-corrected chi connectivity index (χ3v) is 4.08. The average Bonchev–Trinajstić information content (AvgIpc) is 2.50. The Morgan fingerprint density at radius 2 is 2.18 bits per heavy atom. The fraction of sp³-hybridized carbons (Fsp3) is 0.500. The molecule has 0 aromatic heterocycles. The molecule has 1 heterocycles. The number of carboxylic acid groups (broad SMARTS) is 1. The predicted octanol–water partition coefficient (Wildman–Crippen LogP) is 2.70. The summed E-state index contributed by atoms with van der Waals surface area (Å²) in [5, 5.41) is 11.9. The lowest BCUT2D eigenvalue weighted by atomic mass is 9.98. The van der Waals surface area contributed by atoms with Crippen molar-refractivity contribution in [3.05, 3.63) is 35.1 Å². The van der Waals surface area contributed by atoms with Crippen molar-refractivity contribution in [3.63, 3.8) is 0 Å². The highest BCUT2D eigenvalue weighted by Gasteiger charge is 2.28. The number of aryl methyl sites for hydroxylation is 1. The van der Waals surface area contributed by atoms with Gasteiger partial charge in [-0.3, -0.25) is 4.79 Å². The van der Waals surface area contributed by atoms with E-state index in [1.54, 1.807) is 19.1 Å². The topological polar surface area (TPSA) is 69.6 Å². The van der Waals surface area contributed by atoms with Gasteiger partial charge in [0.25, 0.3) is 0 Å². The number of halogens is 1. The predicted molar refractivity (Wildman–Crippen MR) is 80.0 cm³/mol. The Bertz CT molecular complexity index is 577. The lowest BCUT2D eigenvalue weighted by Crippen LogP contribution is -2.47. The molecule has 0 aliphatic carbocycles. The first-order valence-corrected chi connectivity index (χ1v) is 7.42. The highest BCUT2D eigenvalue weighted by Crippen LogP contribution is 2.19. The molecule has 2 amide bonds. The SMILES string of the molecule is Cc1cc(C(C)NC(=O)N2CCCC(C(=O)O)C2)ccc1F. The van der Waals surface area contributed by atoms with E-state index < -0.39 is 11.9 Å². The number of carbonyl (C=O) groups is 2. The molecule has 22 heavy (non-hydrogen) atoms. The molecule has 1 aliphatic rings. The van der Waals surface area contributed by atoms with E-state index in [9.17, 15) is 14.0 Å². The zero-order valence-corrected chi connectivity index (χ0v) is 12.8. The van der Waals surface area contributed by atoms with Gasteiger partial charge in [-0.1, -0.05) is 12.1 Å². The van der Waals surface area contributed by atoms with Crippen LogP contribution in [-0.4, -0.2) is 35.1 Å².